The molecule has 0 saturated heterocycles. The molecular formula is C76H60N8O16. The monoisotopic (exact) mass is 1340 g/mol. The molecule has 0 radical (unpaired) electrons. The van der Waals surface area contributed by atoms with Gasteiger partial charge in [-0.3, -0.25) is 19.9 Å². The van der Waals surface area contributed by atoms with Gasteiger partial charge in [-0.25, -0.2) is 48.7 Å². The van der Waals surface area contributed by atoms with Crippen LogP contribution in [0.15, 0.2) is 170 Å². The van der Waals surface area contributed by atoms with E-state index in [2.05, 4.69) is 163 Å². The van der Waals surface area contributed by atoms with Crippen molar-refractivity contribution >= 4 is 135 Å². The molecule has 8 heterocycles. The Morgan fingerprint density at radius 3 is 0.640 bits per heavy atom. The number of nitrogens with one attached hydrogen (secondary N) is 2. The van der Waals surface area contributed by atoms with E-state index in [1.807, 2.05) is 77.9 Å². The van der Waals surface area contributed by atoms with Crippen molar-refractivity contribution in [3.8, 4) is 0 Å². The van der Waals surface area contributed by atoms with Crippen LogP contribution in [-0.2, 0) is 0 Å². The van der Waals surface area contributed by atoms with Crippen molar-refractivity contribution in [2.24, 2.45) is 0 Å². The second-order valence-corrected chi connectivity index (χ2v) is 22.9. The number of nitrogens with zero attached hydrogens (tertiary/aromatic N) is 6. The van der Waals surface area contributed by atoms with Gasteiger partial charge in [0.05, 0.1) is 67.4 Å². The van der Waals surface area contributed by atoms with Gasteiger partial charge in [0.2, 0.25) is 11.0 Å². The average molecular weight is 1340 g/mol. The average Bonchev–Trinajstić information content (AvgIpc) is 0.809. The van der Waals surface area contributed by atoms with Crippen molar-refractivity contribution in [1.82, 2.24) is 29.9 Å². The number of hydrogen-bond donors (Lipinski definition) is 6. The van der Waals surface area contributed by atoms with Gasteiger partial charge < -0.3 is 50.4 Å². The van der Waals surface area contributed by atoms with Crippen LogP contribution in [-0.4, -0.2) is 108 Å². The maximum Gasteiger partial charge on any atom is 0.336 e. The molecule has 14 rings (SSSR count). The molecule has 24 heteroatoms. The number of aromatic nitrogens is 8. The molecule has 24 nitrogen and oxygen atoms in total. The van der Waals surface area contributed by atoms with E-state index >= 15 is 0 Å². The highest BCUT2D eigenvalue weighted by atomic mass is 16.4. The van der Waals surface area contributed by atoms with Crippen LogP contribution in [0.3, 0.4) is 0 Å². The second-order valence-electron chi connectivity index (χ2n) is 22.9. The Hall–Kier alpha value is -13.6. The van der Waals surface area contributed by atoms with E-state index < -0.39 is 92.3 Å². The second kappa shape index (κ2) is 30.0. The Labute approximate surface area is 566 Å². The predicted octanol–water partition coefficient (Wildman–Crippen LogP) is 10.7. The third-order valence-electron chi connectivity index (χ3n) is 15.5. The van der Waals surface area contributed by atoms with Gasteiger partial charge in [-0.15, -0.1) is 0 Å². The normalized spacial score (nSPS) is 10.6. The number of benzene rings is 6. The van der Waals surface area contributed by atoms with Crippen LogP contribution < -0.4 is 20.2 Å². The number of carbonyl (C=O) groups is 8. The zero-order valence-corrected chi connectivity index (χ0v) is 54.6. The first-order chi connectivity index (χ1) is 47.5. The molecule has 0 amide bonds. The van der Waals surface area contributed by atoms with Crippen molar-refractivity contribution in [3.05, 3.63) is 260 Å². The first kappa shape index (κ1) is 70.7. The lowest BCUT2D eigenvalue weighted by atomic mass is 9.98. The topological polar surface area (TPSA) is 410 Å². The molecule has 14 aromatic rings. The summed E-state index contributed by atoms with van der Waals surface area (Å²) in [6, 6.07) is 52.0. The van der Waals surface area contributed by atoms with E-state index in [9.17, 15) is 48.6 Å². The predicted molar refractivity (Wildman–Crippen MR) is 367 cm³/mol. The number of H-pyrrole nitrogens is 2. The molecule has 0 atom stereocenters. The number of carboxylic acids is 8. The van der Waals surface area contributed by atoms with Crippen LogP contribution in [0.2, 0.25) is 0 Å². The fraction of sp³-hybridized carbons (Fsp3) is 0.105. The van der Waals surface area contributed by atoms with Crippen molar-refractivity contribution in [1.29, 1.82) is 0 Å². The van der Waals surface area contributed by atoms with Gasteiger partial charge in [0.1, 0.15) is 11.0 Å². The minimum absolute atomic E-state index is 0.386. The van der Waals surface area contributed by atoms with Crippen LogP contribution in [0.5, 0.6) is 0 Å². The van der Waals surface area contributed by atoms with E-state index in [0.29, 0.717) is 24.3 Å². The molecule has 0 aliphatic carbocycles. The Balaban J connectivity index is 0.000000140. The van der Waals surface area contributed by atoms with Gasteiger partial charge in [-0.2, -0.15) is 0 Å². The first-order valence-electron chi connectivity index (χ1n) is 30.3. The van der Waals surface area contributed by atoms with Gasteiger partial charge in [0.25, 0.3) is 0 Å². The van der Waals surface area contributed by atoms with Crippen LogP contribution in [0.4, 0.5) is 0 Å². The Bertz CT molecular complexity index is 4690. The van der Waals surface area contributed by atoms with E-state index in [1.165, 1.54) is 21.5 Å². The summed E-state index contributed by atoms with van der Waals surface area (Å²) in [5.74, 6) is -14.0. The van der Waals surface area contributed by atoms with Crippen LogP contribution >= 0.6 is 0 Å². The molecule has 0 unspecified atom stereocenters. The maximum absolute atomic E-state index is 10.8. The maximum atomic E-state index is 10.8. The van der Waals surface area contributed by atoms with Gasteiger partial charge in [-0.1, -0.05) is 72.8 Å². The lowest BCUT2D eigenvalue weighted by molar-refractivity contribution is -0.354. The molecule has 0 fully saturated rings. The summed E-state index contributed by atoms with van der Waals surface area (Å²) in [5.41, 5.74) is 10.1. The summed E-state index contributed by atoms with van der Waals surface area (Å²) >= 11 is 0. The molecule has 0 bridgehead atoms. The number of fused-ring (bicyclic) bond motifs is 12. The van der Waals surface area contributed by atoms with Crippen LogP contribution in [0.25, 0.3) is 87.2 Å². The molecule has 0 spiro atoms. The molecule has 500 valence electrons. The molecule has 0 saturated carbocycles. The molecule has 0 aliphatic rings. The van der Waals surface area contributed by atoms with E-state index in [-0.39, 0.29) is 0 Å². The molecule has 8 aromatic heterocycles. The zero-order chi connectivity index (χ0) is 72.5. The number of pyridine rings is 8. The summed E-state index contributed by atoms with van der Waals surface area (Å²) in [5, 5.41) is 83.1. The van der Waals surface area contributed by atoms with Crippen molar-refractivity contribution < 1.29 is 89.2 Å². The lowest BCUT2D eigenvalue weighted by Gasteiger charge is -2.13. The number of carbonyl (C=O) groups excluding carboxylic acids is 2. The van der Waals surface area contributed by atoms with E-state index in [0.717, 1.165) is 111 Å². The Morgan fingerprint density at radius 1 is 0.250 bits per heavy atom. The Morgan fingerprint density at radius 2 is 0.420 bits per heavy atom. The van der Waals surface area contributed by atoms with Crippen LogP contribution in [0, 0.1) is 55.4 Å². The highest BCUT2D eigenvalue weighted by Gasteiger charge is 2.26. The van der Waals surface area contributed by atoms with Crippen molar-refractivity contribution in [2.75, 3.05) is 0 Å². The molecule has 8 N–H and O–H groups in total. The Kier molecular flexibility index (Phi) is 21.2. The smallest absolute Gasteiger partial charge is 0.336 e. The summed E-state index contributed by atoms with van der Waals surface area (Å²) < 4.78 is 0. The lowest BCUT2D eigenvalue weighted by Crippen LogP contribution is -2.29. The number of aromatic carboxylic acids is 8. The summed E-state index contributed by atoms with van der Waals surface area (Å²) in [6.45, 7) is 16.2. The van der Waals surface area contributed by atoms with E-state index in [1.54, 1.807) is 0 Å². The fourth-order valence-corrected chi connectivity index (χ4v) is 10.6. The zero-order valence-electron chi connectivity index (χ0n) is 54.6. The number of carboxylic acid groups (broad SMARTS) is 8. The number of rotatable bonds is 8. The minimum atomic E-state index is -1.94. The largest absolute Gasteiger partial charge is 0.545 e. The fourth-order valence-electron chi connectivity index (χ4n) is 10.6. The summed E-state index contributed by atoms with van der Waals surface area (Å²) in [7, 11) is 0. The van der Waals surface area contributed by atoms with Gasteiger partial charge >= 0.3 is 35.8 Å². The highest BCUT2D eigenvalue weighted by molar-refractivity contribution is 6.11. The first-order valence-corrected chi connectivity index (χ1v) is 30.3. The van der Waals surface area contributed by atoms with Gasteiger partial charge in [0.15, 0.2) is 11.4 Å². The number of hydrogen-bond acceptors (Lipinski definition) is 16. The summed E-state index contributed by atoms with van der Waals surface area (Å²) in [6.07, 6.45) is 0. The molecule has 6 aromatic carbocycles. The van der Waals surface area contributed by atoms with Gasteiger partial charge in [0, 0.05) is 114 Å². The third-order valence-corrected chi connectivity index (χ3v) is 15.5. The van der Waals surface area contributed by atoms with Crippen molar-refractivity contribution in [2.45, 2.75) is 55.4 Å². The standard InChI is InChI=1S/4C14H12N2.2C10H6O8/c4*1-9-3-5-11-7-8-12-6-4-10(2)16-14(12)13(11)15-9;2*11-7(12)3-1-4(8(13)14)6(10(17)18)2-5(3)9(15)16/h4*3-8H,1-2H3;2*1-2H,(H,11,12)(H,13,14)(H,15,16)(H,17,18). The highest BCUT2D eigenvalue weighted by Crippen LogP contribution is 2.27. The third kappa shape index (κ3) is 16.2. The molecule has 100 heavy (non-hydrogen) atoms. The number of aromatic amines is 2. The number of aryl methyl sites for hydroxylation is 8. The quantitative estimate of drug-likeness (QED) is 0.0770. The minimum Gasteiger partial charge on any atom is -0.545 e. The van der Waals surface area contributed by atoms with Gasteiger partial charge in [-0.05, 0) is 126 Å². The van der Waals surface area contributed by atoms with E-state index in [4.69, 9.17) is 30.6 Å². The molecular weight excluding hydrogens is 1280 g/mol. The SMILES string of the molecule is Cc1ccc2ccc3ccc(C)[nH+]c3c2n1.Cc1ccc2ccc3ccc(C)[nH+]c3c2n1.Cc1ccc2ccc3ccc(C)nc3c2n1.Cc1ccc2ccc3ccc(C)nc3c2n1.O=C(O)c1cc(C(=O)O)c(C(=O)O)cc1C(=O)O.O=C([O-])c1cc(C(=O)[O-])c(C(=O)O)cc1C(=O)O. The van der Waals surface area contributed by atoms with Crippen molar-refractivity contribution in [3.63, 3.8) is 0 Å². The molecule has 0 aliphatic heterocycles. The van der Waals surface area contributed by atoms with Crippen LogP contribution in [0.1, 0.15) is 128 Å². The summed E-state index contributed by atoms with van der Waals surface area (Å²) in [4.78, 5) is 120.